The SMILES string of the molecule is Cn1cnc(S(=O)(=O)N2CCC[C@H](n3c(=O)n(C)c4cccnc43)C2)c1. The van der Waals surface area contributed by atoms with Gasteiger partial charge in [0.2, 0.25) is 0 Å². The minimum Gasteiger partial charge on any atom is -0.339 e. The normalized spacial score (nSPS) is 19.2. The van der Waals surface area contributed by atoms with Crippen LogP contribution in [0.15, 0.2) is 40.7 Å². The number of aryl methyl sites for hydroxylation is 2. The fourth-order valence-electron chi connectivity index (χ4n) is 3.52. The van der Waals surface area contributed by atoms with Crippen molar-refractivity contribution in [2.45, 2.75) is 23.9 Å². The molecule has 0 aromatic carbocycles. The topological polar surface area (TPSA) is 95.0 Å². The van der Waals surface area contributed by atoms with Crippen LogP contribution in [0.25, 0.3) is 11.2 Å². The molecule has 138 valence electrons. The second-order valence-electron chi connectivity index (χ2n) is 6.59. The van der Waals surface area contributed by atoms with Crippen LogP contribution in [0.2, 0.25) is 0 Å². The van der Waals surface area contributed by atoms with Gasteiger partial charge >= 0.3 is 5.69 Å². The average Bonchev–Trinajstić information content (AvgIpc) is 3.18. The Balaban J connectivity index is 1.72. The van der Waals surface area contributed by atoms with Crippen LogP contribution >= 0.6 is 0 Å². The molecule has 0 N–H and O–H groups in total. The molecule has 0 spiro atoms. The first kappa shape index (κ1) is 17.0. The number of aromatic nitrogens is 5. The number of rotatable bonds is 3. The lowest BCUT2D eigenvalue weighted by Gasteiger charge is -2.31. The highest BCUT2D eigenvalue weighted by atomic mass is 32.2. The number of hydrogen-bond acceptors (Lipinski definition) is 5. The Hall–Kier alpha value is -2.46. The molecule has 0 amide bonds. The molecule has 1 aliphatic rings. The minimum atomic E-state index is -3.68. The fraction of sp³-hybridized carbons (Fsp3) is 0.438. The van der Waals surface area contributed by atoms with Crippen LogP contribution in [0, 0.1) is 0 Å². The maximum atomic E-state index is 12.9. The van der Waals surface area contributed by atoms with E-state index in [1.807, 2.05) is 6.07 Å². The number of piperidine rings is 1. The monoisotopic (exact) mass is 376 g/mol. The Morgan fingerprint density at radius 2 is 2.04 bits per heavy atom. The van der Waals surface area contributed by atoms with Gasteiger partial charge in [-0.15, -0.1) is 0 Å². The molecule has 9 nitrogen and oxygen atoms in total. The summed E-state index contributed by atoms with van der Waals surface area (Å²) in [5.74, 6) is 0. The molecule has 0 aliphatic carbocycles. The van der Waals surface area contributed by atoms with E-state index >= 15 is 0 Å². The number of fused-ring (bicyclic) bond motifs is 1. The quantitative estimate of drug-likeness (QED) is 0.663. The lowest BCUT2D eigenvalue weighted by atomic mass is 10.1. The Morgan fingerprint density at radius 3 is 2.77 bits per heavy atom. The van der Waals surface area contributed by atoms with Crippen LogP contribution in [0.4, 0.5) is 0 Å². The molecule has 4 rings (SSSR count). The van der Waals surface area contributed by atoms with Crippen LogP contribution in [-0.4, -0.2) is 49.5 Å². The summed E-state index contributed by atoms with van der Waals surface area (Å²) in [4.78, 5) is 21.0. The molecule has 26 heavy (non-hydrogen) atoms. The fourth-order valence-corrected chi connectivity index (χ4v) is 5.01. The summed E-state index contributed by atoms with van der Waals surface area (Å²) in [6.07, 6.45) is 6.00. The molecule has 3 aromatic heterocycles. The van der Waals surface area contributed by atoms with E-state index in [0.29, 0.717) is 18.6 Å². The molecule has 1 aliphatic heterocycles. The third-order valence-corrected chi connectivity index (χ3v) is 6.61. The van der Waals surface area contributed by atoms with Crippen LogP contribution in [0.5, 0.6) is 0 Å². The second-order valence-corrected chi connectivity index (χ2v) is 8.48. The van der Waals surface area contributed by atoms with Crippen molar-refractivity contribution in [3.05, 3.63) is 41.3 Å². The average molecular weight is 376 g/mol. The standard InChI is InChI=1S/C16H20N6O3S/c1-19-10-14(18-11-19)26(24,25)21-8-4-5-12(9-21)22-15-13(6-3-7-17-15)20(2)16(22)23/h3,6-7,10-12H,4-5,8-9H2,1-2H3/t12-/m0/s1. The zero-order valence-corrected chi connectivity index (χ0v) is 15.4. The Morgan fingerprint density at radius 1 is 1.23 bits per heavy atom. The maximum Gasteiger partial charge on any atom is 0.330 e. The third kappa shape index (κ3) is 2.56. The molecular weight excluding hydrogens is 356 g/mol. The molecule has 0 bridgehead atoms. The number of pyridine rings is 1. The van der Waals surface area contributed by atoms with Crippen molar-refractivity contribution in [2.24, 2.45) is 14.1 Å². The van der Waals surface area contributed by atoms with Gasteiger partial charge in [-0.3, -0.25) is 9.13 Å². The van der Waals surface area contributed by atoms with E-state index in [-0.39, 0.29) is 23.3 Å². The third-order valence-electron chi connectivity index (χ3n) is 4.86. The number of hydrogen-bond donors (Lipinski definition) is 0. The van der Waals surface area contributed by atoms with Gasteiger partial charge in [0.15, 0.2) is 10.7 Å². The highest BCUT2D eigenvalue weighted by Gasteiger charge is 2.34. The first-order valence-electron chi connectivity index (χ1n) is 8.39. The van der Waals surface area contributed by atoms with Crippen molar-refractivity contribution in [3.63, 3.8) is 0 Å². The highest BCUT2D eigenvalue weighted by Crippen LogP contribution is 2.27. The van der Waals surface area contributed by atoms with Gasteiger partial charge in [-0.2, -0.15) is 4.31 Å². The molecular formula is C16H20N6O3S. The predicted molar refractivity (Wildman–Crippen MR) is 95.2 cm³/mol. The van der Waals surface area contributed by atoms with Gasteiger partial charge in [0.05, 0.1) is 17.9 Å². The smallest absolute Gasteiger partial charge is 0.330 e. The summed E-state index contributed by atoms with van der Waals surface area (Å²) in [5.41, 5.74) is 1.14. The van der Waals surface area contributed by atoms with Crippen molar-refractivity contribution in [2.75, 3.05) is 13.1 Å². The molecule has 1 fully saturated rings. The van der Waals surface area contributed by atoms with E-state index in [4.69, 9.17) is 0 Å². The largest absolute Gasteiger partial charge is 0.339 e. The molecule has 0 saturated carbocycles. The first-order chi connectivity index (χ1) is 12.4. The van der Waals surface area contributed by atoms with E-state index in [0.717, 1.165) is 11.9 Å². The van der Waals surface area contributed by atoms with Crippen molar-refractivity contribution in [1.82, 2.24) is 28.0 Å². The van der Waals surface area contributed by atoms with Crippen LogP contribution in [-0.2, 0) is 24.1 Å². The van der Waals surface area contributed by atoms with Gasteiger partial charge in [0.25, 0.3) is 10.0 Å². The van der Waals surface area contributed by atoms with Gasteiger partial charge in [-0.1, -0.05) is 0 Å². The van der Waals surface area contributed by atoms with Crippen molar-refractivity contribution in [1.29, 1.82) is 0 Å². The van der Waals surface area contributed by atoms with E-state index in [1.54, 1.807) is 40.1 Å². The summed E-state index contributed by atoms with van der Waals surface area (Å²) in [5, 5.41) is 0.0315. The summed E-state index contributed by atoms with van der Waals surface area (Å²) in [6.45, 7) is 0.650. The van der Waals surface area contributed by atoms with Crippen LogP contribution in [0.1, 0.15) is 18.9 Å². The molecule has 1 atom stereocenters. The van der Waals surface area contributed by atoms with E-state index in [9.17, 15) is 13.2 Å². The highest BCUT2D eigenvalue weighted by molar-refractivity contribution is 7.89. The zero-order chi connectivity index (χ0) is 18.5. The van der Waals surface area contributed by atoms with Crippen molar-refractivity contribution < 1.29 is 8.42 Å². The van der Waals surface area contributed by atoms with Gasteiger partial charge in [0, 0.05) is 39.6 Å². The number of sulfonamides is 1. The Bertz CT molecular complexity index is 1130. The minimum absolute atomic E-state index is 0.0315. The molecule has 10 heteroatoms. The number of imidazole rings is 2. The second kappa shape index (κ2) is 6.06. The van der Waals surface area contributed by atoms with Crippen molar-refractivity contribution in [3.8, 4) is 0 Å². The Kier molecular flexibility index (Phi) is 3.96. The molecule has 4 heterocycles. The Labute approximate surface area is 150 Å². The maximum absolute atomic E-state index is 12.9. The molecule has 0 unspecified atom stereocenters. The summed E-state index contributed by atoms with van der Waals surface area (Å²) < 4.78 is 31.9. The lowest BCUT2D eigenvalue weighted by molar-refractivity contribution is 0.265. The van der Waals surface area contributed by atoms with Crippen LogP contribution < -0.4 is 5.69 Å². The van der Waals surface area contributed by atoms with E-state index in [1.165, 1.54) is 16.8 Å². The van der Waals surface area contributed by atoms with E-state index < -0.39 is 10.0 Å². The molecule has 0 radical (unpaired) electrons. The summed E-state index contributed by atoms with van der Waals surface area (Å²) in [6, 6.07) is 3.37. The van der Waals surface area contributed by atoms with Gasteiger partial charge in [-0.25, -0.2) is 23.2 Å². The molecule has 3 aromatic rings. The number of nitrogens with zero attached hydrogens (tertiary/aromatic N) is 6. The first-order valence-corrected chi connectivity index (χ1v) is 9.83. The predicted octanol–water partition coefficient (Wildman–Crippen LogP) is 0.494. The summed E-state index contributed by atoms with van der Waals surface area (Å²) in [7, 11) is -0.252. The van der Waals surface area contributed by atoms with Crippen LogP contribution in [0.3, 0.4) is 0 Å². The van der Waals surface area contributed by atoms with Crippen molar-refractivity contribution >= 4 is 21.2 Å². The summed E-state index contributed by atoms with van der Waals surface area (Å²) >= 11 is 0. The molecule has 1 saturated heterocycles. The van der Waals surface area contributed by atoms with Gasteiger partial charge in [0.1, 0.15) is 0 Å². The van der Waals surface area contributed by atoms with Gasteiger partial charge < -0.3 is 4.57 Å². The van der Waals surface area contributed by atoms with Gasteiger partial charge in [-0.05, 0) is 25.0 Å². The zero-order valence-electron chi connectivity index (χ0n) is 14.6. The van der Waals surface area contributed by atoms with E-state index in [2.05, 4.69) is 9.97 Å². The lowest BCUT2D eigenvalue weighted by Crippen LogP contribution is -2.43.